The SMILES string of the molecule is C/C=C/C(C)=C(/N1c2ccccc2Sc2ccccc21)S(=O)(=O)[O-].[Na+]. The van der Waals surface area contributed by atoms with E-state index in [1.165, 1.54) is 0 Å². The standard InChI is InChI=1S/C18H17NO3S2.Na/c1-3-8-13(2)18(24(20,21)22)19-14-9-4-6-11-16(14)23-17-12-7-5-10-15(17)19;/h3-12H,1-2H3,(H,20,21,22);/q;+1/p-1/b8-3+,18-13-;. The predicted molar refractivity (Wildman–Crippen MR) is 96.4 cm³/mol. The molecule has 4 nitrogen and oxygen atoms in total. The van der Waals surface area contributed by atoms with Crippen LogP contribution >= 0.6 is 11.8 Å². The van der Waals surface area contributed by atoms with Gasteiger partial charge in [-0.05, 0) is 43.7 Å². The van der Waals surface area contributed by atoms with E-state index in [4.69, 9.17) is 0 Å². The fourth-order valence-electron chi connectivity index (χ4n) is 2.73. The molecule has 2 aromatic rings. The normalized spacial score (nSPS) is 14.4. The van der Waals surface area contributed by atoms with Crippen LogP contribution in [0.25, 0.3) is 0 Å². The molecule has 124 valence electrons. The average molecular weight is 381 g/mol. The van der Waals surface area contributed by atoms with E-state index >= 15 is 0 Å². The molecule has 2 aromatic carbocycles. The first-order valence-electron chi connectivity index (χ1n) is 7.39. The van der Waals surface area contributed by atoms with Crippen molar-refractivity contribution in [3.05, 3.63) is 71.3 Å². The van der Waals surface area contributed by atoms with Crippen LogP contribution in [0.4, 0.5) is 11.4 Å². The second-order valence-electron chi connectivity index (χ2n) is 5.32. The summed E-state index contributed by atoms with van der Waals surface area (Å²) < 4.78 is 36.2. The van der Waals surface area contributed by atoms with Gasteiger partial charge in [-0.3, -0.25) is 4.90 Å². The maximum Gasteiger partial charge on any atom is 1.00 e. The molecule has 3 rings (SSSR count). The molecule has 0 aliphatic carbocycles. The molecule has 0 spiro atoms. The van der Waals surface area contributed by atoms with Crippen LogP contribution in [-0.4, -0.2) is 13.0 Å². The van der Waals surface area contributed by atoms with Crippen molar-refractivity contribution in [2.45, 2.75) is 23.6 Å². The third kappa shape index (κ3) is 4.05. The van der Waals surface area contributed by atoms with Crippen molar-refractivity contribution in [2.24, 2.45) is 0 Å². The van der Waals surface area contributed by atoms with Crippen LogP contribution in [0.2, 0.25) is 0 Å². The van der Waals surface area contributed by atoms with Gasteiger partial charge in [0, 0.05) is 9.79 Å². The van der Waals surface area contributed by atoms with Gasteiger partial charge in [-0.25, -0.2) is 8.42 Å². The molecule has 25 heavy (non-hydrogen) atoms. The van der Waals surface area contributed by atoms with Gasteiger partial charge in [0.1, 0.15) is 15.1 Å². The van der Waals surface area contributed by atoms with Gasteiger partial charge in [-0.1, -0.05) is 48.2 Å². The van der Waals surface area contributed by atoms with Crippen molar-refractivity contribution in [3.8, 4) is 0 Å². The second kappa shape index (κ2) is 8.12. The Bertz CT molecular complexity index is 907. The smallest absolute Gasteiger partial charge is 0.743 e. The molecule has 0 N–H and O–H groups in total. The van der Waals surface area contributed by atoms with Gasteiger partial charge >= 0.3 is 29.6 Å². The number of benzene rings is 2. The first-order valence-corrected chi connectivity index (χ1v) is 9.61. The van der Waals surface area contributed by atoms with Gasteiger partial charge in [0.15, 0.2) is 0 Å². The predicted octanol–water partition coefficient (Wildman–Crippen LogP) is 1.65. The third-order valence-corrected chi connectivity index (χ3v) is 5.73. The van der Waals surface area contributed by atoms with Crippen molar-refractivity contribution in [1.82, 2.24) is 0 Å². The van der Waals surface area contributed by atoms with E-state index < -0.39 is 10.1 Å². The number of para-hydroxylation sites is 2. The maximum atomic E-state index is 12.1. The summed E-state index contributed by atoms with van der Waals surface area (Å²) in [4.78, 5) is 3.37. The molecule has 0 radical (unpaired) electrons. The zero-order valence-corrected chi connectivity index (χ0v) is 17.9. The molecule has 1 aliphatic heterocycles. The van der Waals surface area contributed by atoms with E-state index in [2.05, 4.69) is 0 Å². The monoisotopic (exact) mass is 381 g/mol. The number of fused-ring (bicyclic) bond motifs is 2. The van der Waals surface area contributed by atoms with E-state index in [1.54, 1.807) is 42.7 Å². The molecule has 0 amide bonds. The van der Waals surface area contributed by atoms with Crippen LogP contribution in [0.15, 0.2) is 81.1 Å². The summed E-state index contributed by atoms with van der Waals surface area (Å²) in [5, 5.41) is -0.235. The molecule has 0 unspecified atom stereocenters. The Labute approximate surface area is 174 Å². The van der Waals surface area contributed by atoms with Gasteiger partial charge in [0.25, 0.3) is 0 Å². The Balaban J connectivity index is 0.00000225. The average Bonchev–Trinajstić information content (AvgIpc) is 2.53. The summed E-state index contributed by atoms with van der Waals surface area (Å²) >= 11 is 1.56. The summed E-state index contributed by atoms with van der Waals surface area (Å²) in [5.41, 5.74) is 1.79. The Morgan fingerprint density at radius 1 is 1.04 bits per heavy atom. The molecular weight excluding hydrogens is 365 g/mol. The quantitative estimate of drug-likeness (QED) is 0.460. The number of anilines is 2. The minimum atomic E-state index is -4.68. The summed E-state index contributed by atoms with van der Waals surface area (Å²) in [6, 6.07) is 14.9. The van der Waals surface area contributed by atoms with Crippen molar-refractivity contribution in [3.63, 3.8) is 0 Å². The molecule has 0 saturated heterocycles. The van der Waals surface area contributed by atoms with E-state index in [0.717, 1.165) is 9.79 Å². The Kier molecular flexibility index (Phi) is 6.59. The van der Waals surface area contributed by atoms with Gasteiger partial charge in [-0.2, -0.15) is 0 Å². The zero-order valence-electron chi connectivity index (χ0n) is 14.3. The minimum absolute atomic E-state index is 0. The van der Waals surface area contributed by atoms with E-state index in [9.17, 15) is 13.0 Å². The van der Waals surface area contributed by atoms with E-state index in [1.807, 2.05) is 48.5 Å². The summed E-state index contributed by atoms with van der Waals surface area (Å²) in [7, 11) is -4.68. The molecule has 0 atom stereocenters. The Hall–Kier alpha value is -1.02. The Morgan fingerprint density at radius 2 is 1.52 bits per heavy atom. The molecule has 1 aliphatic rings. The van der Waals surface area contributed by atoms with Crippen LogP contribution in [-0.2, 0) is 10.1 Å². The van der Waals surface area contributed by atoms with Gasteiger partial charge in [0.05, 0.1) is 11.4 Å². The van der Waals surface area contributed by atoms with Crippen LogP contribution in [0.3, 0.4) is 0 Å². The minimum Gasteiger partial charge on any atom is -0.743 e. The maximum absolute atomic E-state index is 12.1. The molecule has 7 heteroatoms. The Morgan fingerprint density at radius 3 is 1.96 bits per heavy atom. The van der Waals surface area contributed by atoms with E-state index in [-0.39, 0.29) is 34.6 Å². The second-order valence-corrected chi connectivity index (χ2v) is 7.69. The summed E-state index contributed by atoms with van der Waals surface area (Å²) in [6.45, 7) is 3.42. The number of hydrogen-bond acceptors (Lipinski definition) is 5. The molecule has 0 aromatic heterocycles. The number of nitrogens with zero attached hydrogens (tertiary/aromatic N) is 1. The van der Waals surface area contributed by atoms with Crippen LogP contribution in [0, 0.1) is 0 Å². The van der Waals surface area contributed by atoms with Gasteiger partial charge in [-0.15, -0.1) is 0 Å². The number of rotatable bonds is 3. The molecule has 0 fully saturated rings. The van der Waals surface area contributed by atoms with E-state index in [0.29, 0.717) is 16.9 Å². The summed E-state index contributed by atoms with van der Waals surface area (Å²) in [5.74, 6) is 0. The van der Waals surface area contributed by atoms with Crippen molar-refractivity contribution in [1.29, 1.82) is 0 Å². The fraction of sp³-hybridized carbons (Fsp3) is 0.111. The fourth-order valence-corrected chi connectivity index (χ4v) is 4.67. The molecule has 1 heterocycles. The van der Waals surface area contributed by atoms with Crippen molar-refractivity contribution < 1.29 is 42.5 Å². The zero-order chi connectivity index (χ0) is 17.3. The summed E-state index contributed by atoms with van der Waals surface area (Å²) in [6.07, 6.45) is 3.36. The molecule has 0 bridgehead atoms. The first-order chi connectivity index (χ1) is 11.4. The van der Waals surface area contributed by atoms with Crippen molar-refractivity contribution >= 4 is 33.3 Å². The molecule has 0 saturated carbocycles. The topological polar surface area (TPSA) is 60.4 Å². The van der Waals surface area contributed by atoms with Gasteiger partial charge < -0.3 is 4.55 Å². The van der Waals surface area contributed by atoms with Crippen LogP contribution in [0.5, 0.6) is 0 Å². The number of hydrogen-bond donors (Lipinski definition) is 0. The van der Waals surface area contributed by atoms with Gasteiger partial charge in [0.2, 0.25) is 0 Å². The third-order valence-electron chi connectivity index (χ3n) is 3.63. The largest absolute Gasteiger partial charge is 1.00 e. The number of allylic oxidation sites excluding steroid dienone is 3. The van der Waals surface area contributed by atoms with Crippen molar-refractivity contribution in [2.75, 3.05) is 4.90 Å². The van der Waals surface area contributed by atoms with Crippen LogP contribution < -0.4 is 34.5 Å². The molecular formula is C18H16NNaO3S2. The van der Waals surface area contributed by atoms with Crippen LogP contribution in [0.1, 0.15) is 13.8 Å². The first kappa shape index (κ1) is 20.3.